The van der Waals surface area contributed by atoms with Gasteiger partial charge in [0.05, 0.1) is 44.9 Å². The van der Waals surface area contributed by atoms with Crippen molar-refractivity contribution in [1.82, 2.24) is 69.1 Å². The standard InChI is InChI=1S/C77H124N18O22S/c1-43(2)37-55(91-67(106)50(24-14-17-34-79)84-65(104)48(81)26-30-62(99)100)72(111)88-53(32-36-118-6)70(109)85-49(23-13-16-33-78)66(105)83-45(5)64(103)90-57(39-46-19-9-7-10-20-46)73(112)87-52(28-31-63(101)102)69(108)95-59(41-96)75(114)92-56(38-44(3)4)71(110)86-51(25-15-18-35-80)68(107)94-60(42-97)76(115)93-58(40-47-21-11-8-12-22-47)74(113)89-54(77(116)117)27-29-61(82)98/h7-12,19-22,43-45,48-60,96-97H,13-18,23-42,78-81H2,1-6H3,(H2,82,98)(H,83,105)(H,84,104)(H,85,109)(H,86,110)(H,87,112)(H,88,111)(H,89,113)(H,90,103)(H,91,106)(H,92,114)(H,93,115)(H,94,107)(H,95,108)(H,99,100)(H,101,102)(H,116,117)/p+1/t45-,48-,49-,50-,51-,52-,53-,54-,55-,56-,57-,58-,59-,60-/m0/s1. The van der Waals surface area contributed by atoms with E-state index in [1.54, 1.807) is 94.6 Å². The van der Waals surface area contributed by atoms with Crippen molar-refractivity contribution >= 4 is 112 Å². The highest BCUT2D eigenvalue weighted by atomic mass is 32.2. The Hall–Kier alpha value is -10.5. The number of quaternary nitrogens is 4. The fourth-order valence-corrected chi connectivity index (χ4v) is 12.4. The lowest BCUT2D eigenvalue weighted by Gasteiger charge is -2.28. The third kappa shape index (κ3) is 41.1. The number of carboxylic acids is 3. The van der Waals surface area contributed by atoms with E-state index in [0.29, 0.717) is 68.6 Å². The van der Waals surface area contributed by atoms with Crippen molar-refractivity contribution in [3.05, 3.63) is 71.8 Å². The van der Waals surface area contributed by atoms with Gasteiger partial charge in [-0.1, -0.05) is 88.4 Å². The van der Waals surface area contributed by atoms with Gasteiger partial charge >= 0.3 is 0 Å². The van der Waals surface area contributed by atoms with Crippen molar-refractivity contribution in [3.63, 3.8) is 0 Å². The Morgan fingerprint density at radius 1 is 0.356 bits per heavy atom. The van der Waals surface area contributed by atoms with Gasteiger partial charge in [-0.05, 0) is 145 Å². The minimum Gasteiger partial charge on any atom is -0.550 e. The number of primary amides is 1. The SMILES string of the molecule is CSCC[C@H](NC(=O)[C@H](CC(C)C)NC(=O)[C@H](CCCC[NH3+])NC(=O)[C@@H]([NH3+])CCC(=O)[O-])C(=O)N[C@@H](CCCC[NH3+])C(=O)N[C@@H](C)C(=O)N[C@@H](Cc1ccccc1)C(=O)N[C@@H](CCC(=O)[O-])C(=O)N[C@@H](CO)C(=O)N[C@@H](CC(C)C)C(=O)N[C@@H](CCCC[NH3+])C(=O)N[C@@H](CO)C(=O)N[C@@H](Cc1ccccc1)C(=O)N[C@@H](CCC(N)=O)C(=O)[O-]. The zero-order chi connectivity index (χ0) is 88.6. The largest absolute Gasteiger partial charge is 0.550 e. The second-order valence-corrected chi connectivity index (χ2v) is 30.6. The number of carboxylic acid groups (broad SMARTS) is 3. The summed E-state index contributed by atoms with van der Waals surface area (Å²) in [6.45, 7) is 7.33. The molecule has 0 saturated carbocycles. The fraction of sp³-hybridized carbons (Fsp3) is 0.623. The Morgan fingerprint density at radius 2 is 0.644 bits per heavy atom. The summed E-state index contributed by atoms with van der Waals surface area (Å²) in [5, 5.41) is 88.8. The molecule has 0 heterocycles. The average Bonchev–Trinajstić information content (AvgIpc) is 0.853. The van der Waals surface area contributed by atoms with E-state index in [9.17, 15) is 107 Å². The molecule has 0 radical (unpaired) electrons. The van der Waals surface area contributed by atoms with E-state index in [1.807, 2.05) is 0 Å². The number of carbonyl (C=O) groups excluding carboxylic acids is 17. The molecular weight excluding hydrogens is 1560 g/mol. The minimum absolute atomic E-state index is 0.00603. The summed E-state index contributed by atoms with van der Waals surface area (Å²) >= 11 is 1.35. The van der Waals surface area contributed by atoms with Crippen molar-refractivity contribution < 1.29 is 130 Å². The second-order valence-electron chi connectivity index (χ2n) is 29.6. The average molecular weight is 1690 g/mol. The van der Waals surface area contributed by atoms with Gasteiger partial charge in [0.15, 0.2) is 6.04 Å². The second kappa shape index (κ2) is 56.8. The van der Waals surface area contributed by atoms with Crippen LogP contribution in [0.4, 0.5) is 0 Å². The Labute approximate surface area is 690 Å². The van der Waals surface area contributed by atoms with Gasteiger partial charge in [0.25, 0.3) is 5.91 Å². The van der Waals surface area contributed by atoms with Crippen LogP contribution in [-0.4, -0.2) is 240 Å². The van der Waals surface area contributed by atoms with Crippen molar-refractivity contribution in [2.24, 2.45) is 17.6 Å². The predicted molar refractivity (Wildman–Crippen MR) is 421 cm³/mol. The van der Waals surface area contributed by atoms with Crippen LogP contribution >= 0.6 is 11.8 Å². The molecule has 0 unspecified atom stereocenters. The normalized spacial score (nSPS) is 14.7. The van der Waals surface area contributed by atoms with E-state index in [2.05, 4.69) is 92.1 Å². The maximum Gasteiger partial charge on any atom is 0.278 e. The van der Waals surface area contributed by atoms with Crippen LogP contribution in [0.25, 0.3) is 0 Å². The first-order chi connectivity index (χ1) is 55.9. The number of hydrogen-bond acceptors (Lipinski definition) is 23. The van der Waals surface area contributed by atoms with E-state index < -0.39 is 231 Å². The zero-order valence-electron chi connectivity index (χ0n) is 68.3. The van der Waals surface area contributed by atoms with Gasteiger partial charge < -0.3 is 138 Å². The molecule has 29 N–H and O–H groups in total. The fourth-order valence-electron chi connectivity index (χ4n) is 12.0. The molecule has 0 aliphatic heterocycles. The lowest BCUT2D eigenvalue weighted by Crippen LogP contribution is -2.69. The molecule has 0 fully saturated rings. The van der Waals surface area contributed by atoms with Crippen molar-refractivity contribution in [3.8, 4) is 0 Å². The quantitative estimate of drug-likeness (QED) is 0.0274. The molecule has 2 aromatic carbocycles. The molecule has 2 rings (SSSR count). The van der Waals surface area contributed by atoms with E-state index in [4.69, 9.17) is 5.73 Å². The Morgan fingerprint density at radius 3 is 0.992 bits per heavy atom. The Kier molecular flexibility index (Phi) is 49.9. The van der Waals surface area contributed by atoms with Gasteiger partial charge in [-0.2, -0.15) is 11.8 Å². The third-order valence-corrected chi connectivity index (χ3v) is 19.3. The number of nitrogens with one attached hydrogen (secondary N) is 13. The van der Waals surface area contributed by atoms with Gasteiger partial charge in [0.2, 0.25) is 76.8 Å². The van der Waals surface area contributed by atoms with Gasteiger partial charge in [0, 0.05) is 37.6 Å². The van der Waals surface area contributed by atoms with E-state index in [0.717, 1.165) is 0 Å². The summed E-state index contributed by atoms with van der Waals surface area (Å²) in [6.07, 6.45) is 0.730. The number of unbranched alkanes of at least 4 members (excludes halogenated alkanes) is 3. The lowest BCUT2D eigenvalue weighted by atomic mass is 10.0. The molecule has 0 aromatic heterocycles. The highest BCUT2D eigenvalue weighted by Crippen LogP contribution is 2.15. The first-order valence-corrected chi connectivity index (χ1v) is 41.1. The van der Waals surface area contributed by atoms with E-state index in [-0.39, 0.29) is 76.0 Å². The van der Waals surface area contributed by atoms with Gasteiger partial charge in [-0.3, -0.25) is 67.1 Å². The summed E-state index contributed by atoms with van der Waals surface area (Å²) in [7, 11) is 0. The number of amides is 14. The van der Waals surface area contributed by atoms with Crippen LogP contribution in [0.2, 0.25) is 0 Å². The Balaban J connectivity index is 2.47. The number of thioether (sulfide) groups is 1. The zero-order valence-corrected chi connectivity index (χ0v) is 69.1. The highest BCUT2D eigenvalue weighted by Gasteiger charge is 2.38. The number of carbonyl (C=O) groups is 17. The van der Waals surface area contributed by atoms with Crippen LogP contribution in [0.1, 0.15) is 161 Å². The first-order valence-electron chi connectivity index (χ1n) is 39.8. The third-order valence-electron chi connectivity index (χ3n) is 18.6. The first kappa shape index (κ1) is 104. The molecule has 0 spiro atoms. The molecule has 660 valence electrons. The monoisotopic (exact) mass is 1690 g/mol. The summed E-state index contributed by atoms with van der Waals surface area (Å²) in [4.78, 5) is 230. The topological polar surface area (TPSA) is 693 Å². The smallest absolute Gasteiger partial charge is 0.278 e. The number of rotatable bonds is 61. The summed E-state index contributed by atoms with van der Waals surface area (Å²) in [5.74, 6) is -18.5. The molecule has 41 heteroatoms. The molecule has 14 atom stereocenters. The van der Waals surface area contributed by atoms with Crippen LogP contribution in [0.15, 0.2) is 60.7 Å². The number of hydrogen-bond donors (Lipinski definition) is 20. The van der Waals surface area contributed by atoms with Crippen LogP contribution in [0, 0.1) is 11.8 Å². The molecule has 2 aromatic rings. The molecule has 0 saturated heterocycles. The van der Waals surface area contributed by atoms with Crippen LogP contribution in [-0.2, 0) is 94.3 Å². The molecule has 14 amide bonds. The molecular formula is C77H125N18O22S+. The number of aliphatic hydroxyl groups excluding tert-OH is 2. The van der Waals surface area contributed by atoms with Gasteiger partial charge in [0.1, 0.15) is 72.5 Å². The molecule has 118 heavy (non-hydrogen) atoms. The minimum atomic E-state index is -1.93. The summed E-state index contributed by atoms with van der Waals surface area (Å²) in [6, 6.07) is -4.84. The maximum absolute atomic E-state index is 14.6. The summed E-state index contributed by atoms with van der Waals surface area (Å²) < 4.78 is 0. The number of aliphatic carboxylic acids is 3. The number of nitrogens with two attached hydrogens (primary N) is 1. The van der Waals surface area contributed by atoms with Crippen LogP contribution in [0.5, 0.6) is 0 Å². The van der Waals surface area contributed by atoms with Crippen molar-refractivity contribution in [2.45, 2.75) is 248 Å². The van der Waals surface area contributed by atoms with Gasteiger partial charge in [-0.25, -0.2) is 0 Å². The van der Waals surface area contributed by atoms with Crippen molar-refractivity contribution in [1.29, 1.82) is 0 Å². The van der Waals surface area contributed by atoms with Crippen molar-refractivity contribution in [2.75, 3.05) is 44.9 Å². The number of benzene rings is 2. The summed E-state index contributed by atoms with van der Waals surface area (Å²) in [5.41, 5.74) is 21.3. The molecule has 0 bridgehead atoms. The highest BCUT2D eigenvalue weighted by molar-refractivity contribution is 7.98. The predicted octanol–water partition coefficient (Wildman–Crippen LogP) is -11.5. The number of aliphatic hydroxyl groups is 2. The van der Waals surface area contributed by atoms with Gasteiger partial charge in [-0.15, -0.1) is 0 Å². The van der Waals surface area contributed by atoms with E-state index >= 15 is 0 Å². The maximum atomic E-state index is 14.6. The lowest BCUT2D eigenvalue weighted by molar-refractivity contribution is -0.406. The van der Waals surface area contributed by atoms with Crippen LogP contribution < -0.4 is 113 Å². The van der Waals surface area contributed by atoms with E-state index in [1.165, 1.54) is 18.7 Å². The molecule has 0 aliphatic rings. The Bertz CT molecular complexity index is 3590. The van der Waals surface area contributed by atoms with Crippen LogP contribution in [0.3, 0.4) is 0 Å². The molecule has 0 aliphatic carbocycles. The molecule has 40 nitrogen and oxygen atoms in total.